The van der Waals surface area contributed by atoms with Crippen LogP contribution in [0.15, 0.2) is 12.3 Å². The minimum Gasteiger partial charge on any atom is -0.317 e. The number of hydrogen-bond donors (Lipinski definition) is 2. The van der Waals surface area contributed by atoms with E-state index >= 15 is 0 Å². The maximum atomic E-state index is 12.0. The molecule has 2 N–H and O–H groups in total. The molecule has 1 aliphatic rings. The van der Waals surface area contributed by atoms with Crippen LogP contribution in [0.25, 0.3) is 0 Å². The highest BCUT2D eigenvalue weighted by Gasteiger charge is 2.27. The summed E-state index contributed by atoms with van der Waals surface area (Å²) in [7, 11) is -1.54. The van der Waals surface area contributed by atoms with Crippen molar-refractivity contribution in [1.29, 1.82) is 0 Å². The third kappa shape index (κ3) is 2.53. The van der Waals surface area contributed by atoms with E-state index in [4.69, 9.17) is 0 Å². The number of sulfonamides is 1. The summed E-state index contributed by atoms with van der Waals surface area (Å²) in [6, 6.07) is 1.65. The molecule has 0 atom stereocenters. The minimum atomic E-state index is -3.29. The van der Waals surface area contributed by atoms with Crippen molar-refractivity contribution < 1.29 is 8.42 Å². The van der Waals surface area contributed by atoms with Crippen molar-refractivity contribution in [2.75, 3.05) is 17.8 Å². The molecule has 1 fully saturated rings. The summed E-state index contributed by atoms with van der Waals surface area (Å²) >= 11 is 0. The Labute approximate surface area is 95.1 Å². The molecule has 1 aromatic rings. The molecule has 0 aliphatic carbocycles. The fraction of sp³-hybridized carbons (Fsp3) is 0.667. The molecule has 16 heavy (non-hydrogen) atoms. The van der Waals surface area contributed by atoms with Crippen molar-refractivity contribution >= 4 is 15.8 Å². The first-order valence-corrected chi connectivity index (χ1v) is 6.84. The number of anilines is 1. The smallest absolute Gasteiger partial charge is 0.236 e. The van der Waals surface area contributed by atoms with Crippen LogP contribution in [0.3, 0.4) is 0 Å². The Morgan fingerprint density at radius 3 is 2.75 bits per heavy atom. The predicted molar refractivity (Wildman–Crippen MR) is 61.6 cm³/mol. The van der Waals surface area contributed by atoms with Gasteiger partial charge in [0.2, 0.25) is 10.0 Å². The zero-order valence-corrected chi connectivity index (χ0v) is 10.00. The molecular formula is C9H16N4O2S. The van der Waals surface area contributed by atoms with E-state index in [-0.39, 0.29) is 5.25 Å². The molecule has 7 heteroatoms. The van der Waals surface area contributed by atoms with Crippen LogP contribution in [-0.4, -0.2) is 36.5 Å². The summed E-state index contributed by atoms with van der Waals surface area (Å²) < 4.78 is 28.0. The predicted octanol–water partition coefficient (Wildman–Crippen LogP) is -0.0862. The van der Waals surface area contributed by atoms with E-state index < -0.39 is 10.0 Å². The summed E-state index contributed by atoms with van der Waals surface area (Å²) in [5.41, 5.74) is 0. The zero-order valence-electron chi connectivity index (χ0n) is 9.18. The third-order valence-corrected chi connectivity index (χ3v) is 4.53. The van der Waals surface area contributed by atoms with Crippen molar-refractivity contribution in [3.05, 3.63) is 12.3 Å². The van der Waals surface area contributed by atoms with Gasteiger partial charge in [0.1, 0.15) is 0 Å². The van der Waals surface area contributed by atoms with Gasteiger partial charge < -0.3 is 5.32 Å². The van der Waals surface area contributed by atoms with Gasteiger partial charge in [0.05, 0.1) is 5.25 Å². The lowest BCUT2D eigenvalue weighted by molar-refractivity contribution is 0.499. The number of hydrogen-bond acceptors (Lipinski definition) is 4. The second-order valence-electron chi connectivity index (χ2n) is 3.97. The summed E-state index contributed by atoms with van der Waals surface area (Å²) in [6.45, 7) is 1.52. The number of nitrogens with one attached hydrogen (secondary N) is 2. The van der Waals surface area contributed by atoms with Crippen LogP contribution in [0.1, 0.15) is 12.8 Å². The number of aromatic nitrogens is 2. The molecule has 6 nitrogen and oxygen atoms in total. The summed E-state index contributed by atoms with van der Waals surface area (Å²) in [5, 5.41) is 6.83. The molecule has 1 saturated heterocycles. The lowest BCUT2D eigenvalue weighted by atomic mass is 10.2. The summed E-state index contributed by atoms with van der Waals surface area (Å²) in [6.07, 6.45) is 3.02. The van der Waals surface area contributed by atoms with Gasteiger partial charge in [-0.2, -0.15) is 5.10 Å². The second kappa shape index (κ2) is 4.42. The van der Waals surface area contributed by atoms with Crippen LogP contribution in [0, 0.1) is 0 Å². The van der Waals surface area contributed by atoms with E-state index in [0.717, 1.165) is 13.1 Å². The Hall–Kier alpha value is -1.08. The normalized spacial score (nSPS) is 18.6. The molecule has 0 unspecified atom stereocenters. The largest absolute Gasteiger partial charge is 0.317 e. The van der Waals surface area contributed by atoms with Gasteiger partial charge in [0.25, 0.3) is 0 Å². The van der Waals surface area contributed by atoms with Crippen LogP contribution < -0.4 is 10.0 Å². The molecule has 1 aliphatic heterocycles. The fourth-order valence-electron chi connectivity index (χ4n) is 1.80. The first kappa shape index (κ1) is 11.4. The SMILES string of the molecule is Cn1ccc(NS(=O)(=O)C2CCNCC2)n1. The van der Waals surface area contributed by atoms with Gasteiger partial charge >= 0.3 is 0 Å². The van der Waals surface area contributed by atoms with E-state index in [9.17, 15) is 8.42 Å². The lowest BCUT2D eigenvalue weighted by Crippen LogP contribution is -2.38. The highest BCUT2D eigenvalue weighted by Crippen LogP contribution is 2.16. The van der Waals surface area contributed by atoms with Crippen molar-refractivity contribution in [2.45, 2.75) is 18.1 Å². The number of piperidine rings is 1. The van der Waals surface area contributed by atoms with E-state index in [0.29, 0.717) is 18.7 Å². The monoisotopic (exact) mass is 244 g/mol. The average molecular weight is 244 g/mol. The Morgan fingerprint density at radius 1 is 1.50 bits per heavy atom. The first-order valence-electron chi connectivity index (χ1n) is 5.30. The van der Waals surface area contributed by atoms with Gasteiger partial charge in [-0.3, -0.25) is 9.40 Å². The Kier molecular flexibility index (Phi) is 3.15. The van der Waals surface area contributed by atoms with Crippen LogP contribution in [0.2, 0.25) is 0 Å². The van der Waals surface area contributed by atoms with Crippen molar-refractivity contribution in [2.24, 2.45) is 7.05 Å². The number of nitrogens with zero attached hydrogens (tertiary/aromatic N) is 2. The van der Waals surface area contributed by atoms with Crippen LogP contribution in [-0.2, 0) is 17.1 Å². The molecule has 0 amide bonds. The summed E-state index contributed by atoms with van der Waals surface area (Å²) in [5.74, 6) is 0.390. The minimum absolute atomic E-state index is 0.309. The number of rotatable bonds is 3. The van der Waals surface area contributed by atoms with Gasteiger partial charge in [0, 0.05) is 19.3 Å². The second-order valence-corrected chi connectivity index (χ2v) is 5.93. The van der Waals surface area contributed by atoms with Crippen molar-refractivity contribution in [1.82, 2.24) is 15.1 Å². The first-order chi connectivity index (χ1) is 7.58. The molecule has 0 aromatic carbocycles. The standard InChI is InChI=1S/C9H16N4O2S/c1-13-7-4-9(11-13)12-16(14,15)8-2-5-10-6-3-8/h4,7-8,10H,2-3,5-6H2,1H3,(H,11,12). The van der Waals surface area contributed by atoms with Crippen LogP contribution in [0.5, 0.6) is 0 Å². The molecule has 0 bridgehead atoms. The van der Waals surface area contributed by atoms with Gasteiger partial charge in [0.15, 0.2) is 5.82 Å². The maximum absolute atomic E-state index is 12.0. The zero-order chi connectivity index (χ0) is 11.6. The highest BCUT2D eigenvalue weighted by molar-refractivity contribution is 7.93. The molecule has 0 spiro atoms. The van der Waals surface area contributed by atoms with Gasteiger partial charge in [-0.25, -0.2) is 8.42 Å². The molecule has 2 heterocycles. The van der Waals surface area contributed by atoms with E-state index in [1.807, 2.05) is 0 Å². The van der Waals surface area contributed by atoms with E-state index in [1.54, 1.807) is 24.0 Å². The van der Waals surface area contributed by atoms with Gasteiger partial charge in [-0.15, -0.1) is 0 Å². The molecule has 2 rings (SSSR count). The Bertz CT molecular complexity index is 448. The Balaban J connectivity index is 2.07. The van der Waals surface area contributed by atoms with Gasteiger partial charge in [-0.1, -0.05) is 0 Å². The molecule has 1 aromatic heterocycles. The van der Waals surface area contributed by atoms with E-state index in [1.165, 1.54) is 0 Å². The van der Waals surface area contributed by atoms with E-state index in [2.05, 4.69) is 15.1 Å². The average Bonchev–Trinajstić information content (AvgIpc) is 2.64. The molecule has 0 saturated carbocycles. The fourth-order valence-corrected chi connectivity index (χ4v) is 3.23. The van der Waals surface area contributed by atoms with Crippen molar-refractivity contribution in [3.63, 3.8) is 0 Å². The summed E-state index contributed by atoms with van der Waals surface area (Å²) in [4.78, 5) is 0. The lowest BCUT2D eigenvalue weighted by Gasteiger charge is -2.22. The maximum Gasteiger partial charge on any atom is 0.236 e. The third-order valence-electron chi connectivity index (χ3n) is 2.69. The molecule has 90 valence electrons. The molecular weight excluding hydrogens is 228 g/mol. The molecule has 0 radical (unpaired) electrons. The quantitative estimate of drug-likeness (QED) is 0.779. The highest BCUT2D eigenvalue weighted by atomic mass is 32.2. The Morgan fingerprint density at radius 2 is 2.19 bits per heavy atom. The number of aryl methyl sites for hydroxylation is 1. The van der Waals surface area contributed by atoms with Gasteiger partial charge in [-0.05, 0) is 25.9 Å². The van der Waals surface area contributed by atoms with Crippen molar-refractivity contribution in [3.8, 4) is 0 Å². The topological polar surface area (TPSA) is 76.0 Å². The van der Waals surface area contributed by atoms with Crippen LogP contribution in [0.4, 0.5) is 5.82 Å². The van der Waals surface area contributed by atoms with Crippen LogP contribution >= 0.6 is 0 Å².